The maximum Gasteiger partial charge on any atom is 0.309 e. The summed E-state index contributed by atoms with van der Waals surface area (Å²) in [5.41, 5.74) is 0. The van der Waals surface area contributed by atoms with E-state index in [1.54, 1.807) is 6.08 Å². The van der Waals surface area contributed by atoms with Gasteiger partial charge in [-0.2, -0.15) is 0 Å². The fourth-order valence-electron chi connectivity index (χ4n) is 4.54. The Labute approximate surface area is 111 Å². The molecule has 19 heavy (non-hydrogen) atoms. The Morgan fingerprint density at radius 2 is 1.63 bits per heavy atom. The molecule has 7 atom stereocenters. The number of ether oxygens (including phenoxy) is 2. The lowest BCUT2D eigenvalue weighted by molar-refractivity contribution is -0.163. The van der Waals surface area contributed by atoms with Crippen LogP contribution < -0.4 is 0 Å². The van der Waals surface area contributed by atoms with E-state index in [9.17, 15) is 14.7 Å². The summed E-state index contributed by atoms with van der Waals surface area (Å²) < 4.78 is 9.70. The first kappa shape index (κ1) is 12.7. The molecule has 3 rings (SSSR count). The maximum absolute atomic E-state index is 12.0. The molecule has 0 aromatic carbocycles. The minimum Gasteiger partial charge on any atom is -0.469 e. The Hall–Kier alpha value is -1.36. The fourth-order valence-corrected chi connectivity index (χ4v) is 4.54. The molecule has 5 nitrogen and oxygen atoms in total. The molecule has 2 fully saturated rings. The summed E-state index contributed by atoms with van der Waals surface area (Å²) in [5.74, 6) is -1.27. The molecule has 2 bridgehead atoms. The number of carbonyl (C=O) groups is 2. The van der Waals surface area contributed by atoms with Crippen LogP contribution in [0, 0.1) is 35.5 Å². The van der Waals surface area contributed by atoms with Crippen molar-refractivity contribution in [3.05, 3.63) is 12.2 Å². The first-order valence-corrected chi connectivity index (χ1v) is 6.62. The summed E-state index contributed by atoms with van der Waals surface area (Å²) >= 11 is 0. The predicted octanol–water partition coefficient (Wildman–Crippen LogP) is 0.378. The largest absolute Gasteiger partial charge is 0.469 e. The zero-order chi connectivity index (χ0) is 13.7. The van der Waals surface area contributed by atoms with E-state index < -0.39 is 17.9 Å². The third kappa shape index (κ3) is 1.57. The quantitative estimate of drug-likeness (QED) is 0.578. The van der Waals surface area contributed by atoms with Crippen molar-refractivity contribution in [2.75, 3.05) is 14.2 Å². The highest BCUT2D eigenvalue weighted by Crippen LogP contribution is 2.62. The van der Waals surface area contributed by atoms with Crippen LogP contribution in [0.25, 0.3) is 0 Å². The molecule has 3 aliphatic carbocycles. The molecule has 2 saturated carbocycles. The Morgan fingerprint density at radius 1 is 1.05 bits per heavy atom. The molecule has 0 aliphatic heterocycles. The first-order chi connectivity index (χ1) is 9.10. The zero-order valence-electron chi connectivity index (χ0n) is 11.0. The maximum atomic E-state index is 12.0. The number of carbonyl (C=O) groups excluding carboxylic acids is 2. The predicted molar refractivity (Wildman–Crippen MR) is 64.7 cm³/mol. The van der Waals surface area contributed by atoms with E-state index in [2.05, 4.69) is 0 Å². The fraction of sp³-hybridized carbons (Fsp3) is 0.714. The minimum absolute atomic E-state index is 0.0107. The normalized spacial score (nSPS) is 46.2. The van der Waals surface area contributed by atoms with Crippen molar-refractivity contribution in [3.8, 4) is 0 Å². The van der Waals surface area contributed by atoms with Crippen molar-refractivity contribution >= 4 is 11.9 Å². The number of fused-ring (bicyclic) bond motifs is 5. The molecule has 1 N–H and O–H groups in total. The van der Waals surface area contributed by atoms with Gasteiger partial charge >= 0.3 is 11.9 Å². The van der Waals surface area contributed by atoms with Gasteiger partial charge in [0.05, 0.1) is 32.2 Å². The van der Waals surface area contributed by atoms with E-state index >= 15 is 0 Å². The van der Waals surface area contributed by atoms with Gasteiger partial charge in [-0.3, -0.25) is 9.59 Å². The molecule has 0 radical (unpaired) electrons. The molecule has 0 spiro atoms. The van der Waals surface area contributed by atoms with Crippen LogP contribution in [-0.2, 0) is 19.1 Å². The lowest BCUT2D eigenvalue weighted by Gasteiger charge is -2.36. The van der Waals surface area contributed by atoms with Crippen molar-refractivity contribution in [2.24, 2.45) is 35.5 Å². The van der Waals surface area contributed by atoms with Crippen LogP contribution in [0.1, 0.15) is 6.42 Å². The highest BCUT2D eigenvalue weighted by atomic mass is 16.5. The lowest BCUT2D eigenvalue weighted by Crippen LogP contribution is -2.44. The van der Waals surface area contributed by atoms with E-state index in [0.29, 0.717) is 0 Å². The number of allylic oxidation sites excluding steroid dienone is 1. The molecule has 3 aliphatic rings. The van der Waals surface area contributed by atoms with Gasteiger partial charge in [-0.25, -0.2) is 0 Å². The number of aliphatic hydroxyl groups is 1. The van der Waals surface area contributed by atoms with Gasteiger partial charge in [0.1, 0.15) is 0 Å². The van der Waals surface area contributed by atoms with Gasteiger partial charge in [-0.1, -0.05) is 12.2 Å². The third-order valence-corrected chi connectivity index (χ3v) is 5.16. The average molecular weight is 266 g/mol. The summed E-state index contributed by atoms with van der Waals surface area (Å²) in [6.45, 7) is 0. The monoisotopic (exact) mass is 266 g/mol. The first-order valence-electron chi connectivity index (χ1n) is 6.62. The van der Waals surface area contributed by atoms with Gasteiger partial charge < -0.3 is 14.6 Å². The Morgan fingerprint density at radius 3 is 2.21 bits per heavy atom. The van der Waals surface area contributed by atoms with E-state index in [-0.39, 0.29) is 35.6 Å². The SMILES string of the molecule is COC(=O)C1C2CC(C1C(=O)OC)C1C(O)C=CC21. The molecular formula is C14H18O5. The van der Waals surface area contributed by atoms with E-state index in [0.717, 1.165) is 6.42 Å². The van der Waals surface area contributed by atoms with Crippen molar-refractivity contribution < 1.29 is 24.2 Å². The Bertz CT molecular complexity index is 443. The number of rotatable bonds is 2. The number of hydrogen-bond acceptors (Lipinski definition) is 5. The van der Waals surface area contributed by atoms with E-state index in [4.69, 9.17) is 9.47 Å². The lowest BCUT2D eigenvalue weighted by atomic mass is 9.69. The van der Waals surface area contributed by atoms with Gasteiger partial charge in [0.15, 0.2) is 0 Å². The van der Waals surface area contributed by atoms with E-state index in [1.165, 1.54) is 14.2 Å². The van der Waals surface area contributed by atoms with Gasteiger partial charge in [0.25, 0.3) is 0 Å². The van der Waals surface area contributed by atoms with Crippen LogP contribution in [0.5, 0.6) is 0 Å². The second-order valence-electron chi connectivity index (χ2n) is 5.69. The van der Waals surface area contributed by atoms with Crippen LogP contribution in [0.2, 0.25) is 0 Å². The summed E-state index contributed by atoms with van der Waals surface area (Å²) in [6, 6.07) is 0. The standard InChI is InChI=1S/C14H18O5/c1-18-13(16)11-7-5-8(12(11)14(17)19-2)10-6(7)3-4-9(10)15/h3-4,6-12,15H,5H2,1-2H3. The number of aliphatic hydroxyl groups excluding tert-OH is 1. The summed E-state index contributed by atoms with van der Waals surface area (Å²) in [5, 5.41) is 10.0. The van der Waals surface area contributed by atoms with Crippen LogP contribution in [0.15, 0.2) is 12.2 Å². The summed E-state index contributed by atoms with van der Waals surface area (Å²) in [4.78, 5) is 24.0. The van der Waals surface area contributed by atoms with E-state index in [1.807, 2.05) is 6.08 Å². The molecule has 104 valence electrons. The smallest absolute Gasteiger partial charge is 0.309 e. The zero-order valence-corrected chi connectivity index (χ0v) is 11.0. The highest BCUT2D eigenvalue weighted by molar-refractivity contribution is 5.84. The third-order valence-electron chi connectivity index (χ3n) is 5.16. The number of esters is 2. The summed E-state index contributed by atoms with van der Waals surface area (Å²) in [6.07, 6.45) is 4.05. The Balaban J connectivity index is 1.95. The average Bonchev–Trinajstić information content (AvgIpc) is 3.07. The molecule has 0 amide bonds. The molecule has 5 heteroatoms. The van der Waals surface area contributed by atoms with Crippen molar-refractivity contribution in [2.45, 2.75) is 12.5 Å². The second kappa shape index (κ2) is 4.34. The van der Waals surface area contributed by atoms with Crippen LogP contribution in [0.4, 0.5) is 0 Å². The van der Waals surface area contributed by atoms with Gasteiger partial charge in [0, 0.05) is 0 Å². The molecular weight excluding hydrogens is 248 g/mol. The van der Waals surface area contributed by atoms with Gasteiger partial charge in [-0.15, -0.1) is 0 Å². The minimum atomic E-state index is -0.509. The van der Waals surface area contributed by atoms with Crippen molar-refractivity contribution in [1.82, 2.24) is 0 Å². The Kier molecular flexibility index (Phi) is 2.89. The van der Waals surface area contributed by atoms with Gasteiger partial charge in [-0.05, 0) is 30.1 Å². The molecule has 0 heterocycles. The van der Waals surface area contributed by atoms with Crippen molar-refractivity contribution in [3.63, 3.8) is 0 Å². The highest BCUT2D eigenvalue weighted by Gasteiger charge is 2.64. The van der Waals surface area contributed by atoms with Crippen LogP contribution in [-0.4, -0.2) is 37.4 Å². The molecule has 0 saturated heterocycles. The molecule has 0 aromatic rings. The second-order valence-corrected chi connectivity index (χ2v) is 5.69. The number of hydrogen-bond donors (Lipinski definition) is 1. The van der Waals surface area contributed by atoms with Crippen molar-refractivity contribution in [1.29, 1.82) is 0 Å². The summed E-state index contributed by atoms with van der Waals surface area (Å²) in [7, 11) is 2.68. The molecule has 0 aromatic heterocycles. The van der Waals surface area contributed by atoms with Crippen LogP contribution in [0.3, 0.4) is 0 Å². The topological polar surface area (TPSA) is 72.8 Å². The number of methoxy groups -OCH3 is 2. The van der Waals surface area contributed by atoms with Crippen LogP contribution >= 0.6 is 0 Å². The molecule has 7 unspecified atom stereocenters. The van der Waals surface area contributed by atoms with Gasteiger partial charge in [0.2, 0.25) is 0 Å².